The molecule has 1 saturated heterocycles. The van der Waals surface area contributed by atoms with Gasteiger partial charge in [-0.1, -0.05) is 60.7 Å². The van der Waals surface area contributed by atoms with E-state index in [4.69, 9.17) is 4.74 Å². The summed E-state index contributed by atoms with van der Waals surface area (Å²) in [4.78, 5) is 38.8. The second kappa shape index (κ2) is 10.7. The van der Waals surface area contributed by atoms with Crippen molar-refractivity contribution in [3.05, 3.63) is 113 Å². The summed E-state index contributed by atoms with van der Waals surface area (Å²) in [5.74, 6) is -1.12. The number of amides is 3. The van der Waals surface area contributed by atoms with Gasteiger partial charge in [-0.25, -0.2) is 4.39 Å². The van der Waals surface area contributed by atoms with Crippen LogP contribution in [-0.2, 0) is 16.2 Å². The molecule has 8 heteroatoms. The third kappa shape index (κ3) is 5.70. The fraction of sp³-hybridized carbons (Fsp3) is 0.0690. The van der Waals surface area contributed by atoms with Crippen LogP contribution >= 0.6 is 11.8 Å². The number of hydrogen-bond donors (Lipinski definition) is 1. The monoisotopic (exact) mass is 512 g/mol. The standard InChI is InChI=1S/C29H21FN2O4S/c30-23-9-5-10-24(16-23)31-27(33)17-32-28(34)26(37-29(32)35)15-22-8-3-4-11-25(22)36-18-19-12-13-20-6-1-2-7-21(20)14-19/h1-16H,17-18H2,(H,31,33)/b26-15+. The first-order valence-corrected chi connectivity index (χ1v) is 12.3. The quantitative estimate of drug-likeness (QED) is 0.297. The van der Waals surface area contributed by atoms with Gasteiger partial charge in [0.2, 0.25) is 5.91 Å². The maximum atomic E-state index is 13.4. The number of fused-ring (bicyclic) bond motifs is 1. The highest BCUT2D eigenvalue weighted by molar-refractivity contribution is 8.18. The number of nitrogens with one attached hydrogen (secondary N) is 1. The van der Waals surface area contributed by atoms with Crippen LogP contribution in [0.1, 0.15) is 11.1 Å². The van der Waals surface area contributed by atoms with E-state index in [2.05, 4.69) is 11.4 Å². The molecule has 0 radical (unpaired) electrons. The van der Waals surface area contributed by atoms with Crippen molar-refractivity contribution in [2.75, 3.05) is 11.9 Å². The molecule has 0 bridgehead atoms. The number of nitrogens with zero attached hydrogens (tertiary/aromatic N) is 1. The first kappa shape index (κ1) is 24.3. The van der Waals surface area contributed by atoms with Gasteiger partial charge in [-0.05, 0) is 64.5 Å². The second-order valence-electron chi connectivity index (χ2n) is 8.33. The average Bonchev–Trinajstić information content (AvgIpc) is 3.15. The highest BCUT2D eigenvalue weighted by Crippen LogP contribution is 2.34. The molecule has 5 rings (SSSR count). The average molecular weight is 513 g/mol. The Hall–Kier alpha value is -4.43. The van der Waals surface area contributed by atoms with Crippen molar-refractivity contribution in [1.29, 1.82) is 0 Å². The van der Waals surface area contributed by atoms with Crippen LogP contribution in [0.25, 0.3) is 16.8 Å². The summed E-state index contributed by atoms with van der Waals surface area (Å²) >= 11 is 0.755. The Balaban J connectivity index is 1.28. The van der Waals surface area contributed by atoms with E-state index in [1.807, 2.05) is 48.5 Å². The molecule has 0 saturated carbocycles. The van der Waals surface area contributed by atoms with Gasteiger partial charge in [-0.3, -0.25) is 19.3 Å². The summed E-state index contributed by atoms with van der Waals surface area (Å²) in [5.41, 5.74) is 1.88. The van der Waals surface area contributed by atoms with Crippen molar-refractivity contribution in [1.82, 2.24) is 4.90 Å². The van der Waals surface area contributed by atoms with Crippen molar-refractivity contribution < 1.29 is 23.5 Å². The van der Waals surface area contributed by atoms with Gasteiger partial charge in [0.1, 0.15) is 24.7 Å². The molecule has 4 aromatic rings. The van der Waals surface area contributed by atoms with Crippen LogP contribution in [0.15, 0.2) is 95.9 Å². The third-order valence-electron chi connectivity index (χ3n) is 5.70. The minimum Gasteiger partial charge on any atom is -0.488 e. The number of anilines is 1. The van der Waals surface area contributed by atoms with E-state index in [1.54, 1.807) is 18.2 Å². The van der Waals surface area contributed by atoms with E-state index >= 15 is 0 Å². The predicted octanol–water partition coefficient (Wildman–Crippen LogP) is 6.23. The normalized spacial score (nSPS) is 14.4. The fourth-order valence-electron chi connectivity index (χ4n) is 3.91. The molecule has 184 valence electrons. The van der Waals surface area contributed by atoms with E-state index in [0.717, 1.165) is 39.1 Å². The molecule has 3 amide bonds. The molecule has 37 heavy (non-hydrogen) atoms. The smallest absolute Gasteiger partial charge is 0.294 e. The molecule has 1 aliphatic heterocycles. The number of carbonyl (C=O) groups excluding carboxylic acids is 3. The van der Waals surface area contributed by atoms with Crippen molar-refractivity contribution >= 4 is 51.4 Å². The van der Waals surface area contributed by atoms with Crippen LogP contribution in [0.5, 0.6) is 5.75 Å². The zero-order chi connectivity index (χ0) is 25.8. The largest absolute Gasteiger partial charge is 0.488 e. The Labute approximate surface area is 216 Å². The Morgan fingerprint density at radius 1 is 0.919 bits per heavy atom. The maximum Gasteiger partial charge on any atom is 0.294 e. The van der Waals surface area contributed by atoms with Crippen LogP contribution < -0.4 is 10.1 Å². The van der Waals surface area contributed by atoms with E-state index in [-0.39, 0.29) is 10.6 Å². The van der Waals surface area contributed by atoms with Gasteiger partial charge < -0.3 is 10.1 Å². The van der Waals surface area contributed by atoms with Gasteiger partial charge in [0.05, 0.1) is 4.91 Å². The van der Waals surface area contributed by atoms with Crippen LogP contribution in [0, 0.1) is 5.82 Å². The molecular formula is C29H21FN2O4S. The molecule has 1 aliphatic rings. The van der Waals surface area contributed by atoms with E-state index in [1.165, 1.54) is 18.2 Å². The first-order chi connectivity index (χ1) is 18.0. The van der Waals surface area contributed by atoms with Gasteiger partial charge in [0.15, 0.2) is 0 Å². The Morgan fingerprint density at radius 3 is 2.54 bits per heavy atom. The van der Waals surface area contributed by atoms with Gasteiger partial charge in [0, 0.05) is 11.3 Å². The molecule has 0 aliphatic carbocycles. The van der Waals surface area contributed by atoms with Crippen molar-refractivity contribution in [2.24, 2.45) is 0 Å². The molecule has 1 heterocycles. The van der Waals surface area contributed by atoms with Crippen LogP contribution in [0.2, 0.25) is 0 Å². The van der Waals surface area contributed by atoms with Crippen LogP contribution in [0.4, 0.5) is 14.9 Å². The van der Waals surface area contributed by atoms with E-state index in [0.29, 0.717) is 17.9 Å². The van der Waals surface area contributed by atoms with Crippen molar-refractivity contribution in [3.8, 4) is 5.75 Å². The van der Waals surface area contributed by atoms with Crippen LogP contribution in [0.3, 0.4) is 0 Å². The number of hydrogen-bond acceptors (Lipinski definition) is 5. The molecule has 0 unspecified atom stereocenters. The number of imide groups is 1. The lowest BCUT2D eigenvalue weighted by Gasteiger charge is -2.12. The summed E-state index contributed by atoms with van der Waals surface area (Å²) in [5, 5.41) is 4.20. The summed E-state index contributed by atoms with van der Waals surface area (Å²) in [7, 11) is 0. The topological polar surface area (TPSA) is 75.7 Å². The van der Waals surface area contributed by atoms with E-state index in [9.17, 15) is 18.8 Å². The lowest BCUT2D eigenvalue weighted by Crippen LogP contribution is -2.36. The third-order valence-corrected chi connectivity index (χ3v) is 6.60. The molecule has 0 spiro atoms. The van der Waals surface area contributed by atoms with Crippen LogP contribution in [-0.4, -0.2) is 28.5 Å². The van der Waals surface area contributed by atoms with Crippen molar-refractivity contribution in [2.45, 2.75) is 6.61 Å². The number of carbonyl (C=O) groups is 3. The minimum absolute atomic E-state index is 0.185. The minimum atomic E-state index is -0.603. The molecular weight excluding hydrogens is 491 g/mol. The summed E-state index contributed by atoms with van der Waals surface area (Å²) in [6.07, 6.45) is 1.59. The van der Waals surface area contributed by atoms with Gasteiger partial charge in [-0.2, -0.15) is 0 Å². The summed E-state index contributed by atoms with van der Waals surface area (Å²) < 4.78 is 19.4. The molecule has 4 aromatic carbocycles. The Morgan fingerprint density at radius 2 is 1.70 bits per heavy atom. The predicted molar refractivity (Wildman–Crippen MR) is 142 cm³/mol. The molecule has 0 atom stereocenters. The molecule has 6 nitrogen and oxygen atoms in total. The zero-order valence-electron chi connectivity index (χ0n) is 19.5. The lowest BCUT2D eigenvalue weighted by atomic mass is 10.1. The number of ether oxygens (including phenoxy) is 1. The Bertz CT molecular complexity index is 1550. The number of benzene rings is 4. The second-order valence-corrected chi connectivity index (χ2v) is 9.33. The number of thioether (sulfide) groups is 1. The van der Waals surface area contributed by atoms with Crippen molar-refractivity contribution in [3.63, 3.8) is 0 Å². The molecule has 1 fully saturated rings. The summed E-state index contributed by atoms with van der Waals surface area (Å²) in [6, 6.07) is 26.8. The molecule has 0 aromatic heterocycles. The SMILES string of the molecule is O=C(CN1C(=O)S/C(=C/c2ccccc2OCc2ccc3ccccc3c2)C1=O)Nc1cccc(F)c1. The maximum absolute atomic E-state index is 13.4. The number of halogens is 1. The first-order valence-electron chi connectivity index (χ1n) is 11.5. The number of para-hydroxylation sites is 1. The zero-order valence-corrected chi connectivity index (χ0v) is 20.3. The van der Waals surface area contributed by atoms with Gasteiger partial charge >= 0.3 is 0 Å². The molecule has 1 N–H and O–H groups in total. The lowest BCUT2D eigenvalue weighted by molar-refractivity contribution is -0.127. The Kier molecular flexibility index (Phi) is 7.00. The van der Waals surface area contributed by atoms with Gasteiger partial charge in [0.25, 0.3) is 11.1 Å². The van der Waals surface area contributed by atoms with E-state index < -0.39 is 29.4 Å². The van der Waals surface area contributed by atoms with Gasteiger partial charge in [-0.15, -0.1) is 0 Å². The summed E-state index contributed by atoms with van der Waals surface area (Å²) in [6.45, 7) is -0.143. The highest BCUT2D eigenvalue weighted by atomic mass is 32.2. The highest BCUT2D eigenvalue weighted by Gasteiger charge is 2.36. The number of rotatable bonds is 7. The fourth-order valence-corrected chi connectivity index (χ4v) is 4.74.